The van der Waals surface area contributed by atoms with Crippen LogP contribution >= 0.6 is 0 Å². The van der Waals surface area contributed by atoms with E-state index in [1.165, 1.54) is 13.2 Å². The van der Waals surface area contributed by atoms with E-state index in [0.717, 1.165) is 43.7 Å². The van der Waals surface area contributed by atoms with Gasteiger partial charge < -0.3 is 9.47 Å². The monoisotopic (exact) mass is 392 g/mol. The molecule has 2 aromatic rings. The number of aromatic nitrogens is 1. The molecular formula is C23H24N2O4. The number of benzene rings is 1. The van der Waals surface area contributed by atoms with Crippen molar-refractivity contribution >= 4 is 17.8 Å². The van der Waals surface area contributed by atoms with Crippen LogP contribution in [0.4, 0.5) is 0 Å². The Morgan fingerprint density at radius 2 is 2.10 bits per heavy atom. The molecule has 0 unspecified atom stereocenters. The number of carbonyl (C=O) groups is 2. The number of hydrogen-bond donors (Lipinski definition) is 0. The standard InChI is InChI=1S/C23H24N2O4/c1-28-22(27)8-6-17-5-7-21-19(14-17)20(26)15-23(29-21)9-12-25(13-10-23)16-18-4-2-3-11-24-18/h2-8,11,14H,9-10,12-13,15-16H2,1H3/b8-6+. The molecule has 1 aromatic carbocycles. The summed E-state index contributed by atoms with van der Waals surface area (Å²) in [6.07, 6.45) is 6.81. The first-order valence-electron chi connectivity index (χ1n) is 9.81. The van der Waals surface area contributed by atoms with Crippen LogP contribution in [0.5, 0.6) is 5.75 Å². The average Bonchev–Trinajstić information content (AvgIpc) is 2.75. The normalized spacial score (nSPS) is 18.4. The van der Waals surface area contributed by atoms with Crippen LogP contribution in [0.2, 0.25) is 0 Å². The Morgan fingerprint density at radius 1 is 1.28 bits per heavy atom. The molecule has 1 fully saturated rings. The first kappa shape index (κ1) is 19.3. The minimum atomic E-state index is -0.429. The predicted molar refractivity (Wildman–Crippen MR) is 109 cm³/mol. The molecule has 6 heteroatoms. The number of likely N-dealkylation sites (tertiary alicyclic amines) is 1. The molecule has 0 bridgehead atoms. The summed E-state index contributed by atoms with van der Waals surface area (Å²) >= 11 is 0. The van der Waals surface area contributed by atoms with Crippen LogP contribution in [0.3, 0.4) is 0 Å². The SMILES string of the molecule is COC(=O)/C=C/c1ccc2c(c1)C(=O)CC1(CCN(Cc3ccccn3)CC1)O2. The molecule has 1 saturated heterocycles. The summed E-state index contributed by atoms with van der Waals surface area (Å²) in [6.45, 7) is 2.57. The molecule has 0 N–H and O–H groups in total. The zero-order valence-electron chi connectivity index (χ0n) is 16.5. The van der Waals surface area contributed by atoms with Crippen molar-refractivity contribution in [3.05, 3.63) is 65.5 Å². The summed E-state index contributed by atoms with van der Waals surface area (Å²) in [4.78, 5) is 30.9. The van der Waals surface area contributed by atoms with Crippen LogP contribution in [0.1, 0.15) is 40.9 Å². The Balaban J connectivity index is 1.43. The summed E-state index contributed by atoms with van der Waals surface area (Å²) in [5.74, 6) is 0.300. The number of piperidine rings is 1. The van der Waals surface area contributed by atoms with Crippen molar-refractivity contribution in [1.29, 1.82) is 0 Å². The molecule has 1 aromatic heterocycles. The Hall–Kier alpha value is -2.99. The van der Waals surface area contributed by atoms with Crippen molar-refractivity contribution < 1.29 is 19.1 Å². The van der Waals surface area contributed by atoms with Crippen LogP contribution in [0.15, 0.2) is 48.7 Å². The predicted octanol–water partition coefficient (Wildman–Crippen LogP) is 3.27. The number of Topliss-reactive ketones (excluding diaryl/α,β-unsaturated/α-hetero) is 1. The smallest absolute Gasteiger partial charge is 0.330 e. The number of ether oxygens (including phenoxy) is 2. The highest BCUT2D eigenvalue weighted by molar-refractivity contribution is 6.01. The van der Waals surface area contributed by atoms with E-state index in [2.05, 4.69) is 14.6 Å². The molecule has 2 aliphatic rings. The third-order valence-corrected chi connectivity index (χ3v) is 5.61. The van der Waals surface area contributed by atoms with Gasteiger partial charge in [0.05, 0.1) is 24.8 Å². The largest absolute Gasteiger partial charge is 0.486 e. The van der Waals surface area contributed by atoms with Gasteiger partial charge in [0.25, 0.3) is 0 Å². The number of pyridine rings is 1. The average molecular weight is 392 g/mol. The van der Waals surface area contributed by atoms with Crippen molar-refractivity contribution in [3.8, 4) is 5.75 Å². The van der Waals surface area contributed by atoms with Gasteiger partial charge in [-0.05, 0) is 35.9 Å². The number of ketones is 1. The zero-order chi connectivity index (χ0) is 20.3. The van der Waals surface area contributed by atoms with Crippen LogP contribution in [-0.2, 0) is 16.1 Å². The van der Waals surface area contributed by atoms with E-state index >= 15 is 0 Å². The number of nitrogens with zero attached hydrogens (tertiary/aromatic N) is 2. The van der Waals surface area contributed by atoms with Gasteiger partial charge in [-0.1, -0.05) is 12.1 Å². The highest BCUT2D eigenvalue weighted by atomic mass is 16.5. The molecule has 0 amide bonds. The molecule has 1 spiro atoms. The Bertz CT molecular complexity index is 931. The Kier molecular flexibility index (Phi) is 5.45. The maximum Gasteiger partial charge on any atom is 0.330 e. The third kappa shape index (κ3) is 4.38. The molecule has 0 radical (unpaired) electrons. The van der Waals surface area contributed by atoms with Crippen LogP contribution in [0, 0.1) is 0 Å². The highest BCUT2D eigenvalue weighted by Gasteiger charge is 2.42. The van der Waals surface area contributed by atoms with E-state index in [0.29, 0.717) is 17.7 Å². The molecule has 0 aliphatic carbocycles. The maximum atomic E-state index is 12.9. The van der Waals surface area contributed by atoms with Crippen molar-refractivity contribution in [2.45, 2.75) is 31.4 Å². The van der Waals surface area contributed by atoms with Crippen LogP contribution in [0.25, 0.3) is 6.08 Å². The lowest BCUT2D eigenvalue weighted by molar-refractivity contribution is -0.134. The summed E-state index contributed by atoms with van der Waals surface area (Å²) in [6, 6.07) is 11.4. The van der Waals surface area contributed by atoms with Crippen molar-refractivity contribution in [3.63, 3.8) is 0 Å². The van der Waals surface area contributed by atoms with Gasteiger partial charge in [0.2, 0.25) is 0 Å². The first-order chi connectivity index (χ1) is 14.1. The van der Waals surface area contributed by atoms with Gasteiger partial charge >= 0.3 is 5.97 Å². The number of fused-ring (bicyclic) bond motifs is 1. The second-order valence-electron chi connectivity index (χ2n) is 7.59. The fourth-order valence-electron chi connectivity index (χ4n) is 3.97. The van der Waals surface area contributed by atoms with E-state index in [1.54, 1.807) is 12.1 Å². The Morgan fingerprint density at radius 3 is 2.83 bits per heavy atom. The summed E-state index contributed by atoms with van der Waals surface area (Å²) in [5.41, 5.74) is 1.99. The summed E-state index contributed by atoms with van der Waals surface area (Å²) in [7, 11) is 1.33. The second kappa shape index (κ2) is 8.17. The molecule has 0 atom stereocenters. The minimum Gasteiger partial charge on any atom is -0.486 e. The quantitative estimate of drug-likeness (QED) is 0.588. The molecule has 29 heavy (non-hydrogen) atoms. The van der Waals surface area contributed by atoms with Gasteiger partial charge in [0.1, 0.15) is 11.4 Å². The van der Waals surface area contributed by atoms with Gasteiger partial charge in [0, 0.05) is 44.7 Å². The summed E-state index contributed by atoms with van der Waals surface area (Å²) < 4.78 is 11.0. The van der Waals surface area contributed by atoms with Gasteiger partial charge in [-0.15, -0.1) is 0 Å². The number of carbonyl (C=O) groups excluding carboxylic acids is 2. The van der Waals surface area contributed by atoms with Gasteiger partial charge in [-0.3, -0.25) is 14.7 Å². The number of esters is 1. The summed E-state index contributed by atoms with van der Waals surface area (Å²) in [5, 5.41) is 0. The minimum absolute atomic E-state index is 0.0951. The lowest BCUT2D eigenvalue weighted by Gasteiger charge is -2.44. The second-order valence-corrected chi connectivity index (χ2v) is 7.59. The van der Waals surface area contributed by atoms with E-state index in [4.69, 9.17) is 4.74 Å². The molecule has 2 aliphatic heterocycles. The molecule has 150 valence electrons. The topological polar surface area (TPSA) is 68.7 Å². The van der Waals surface area contributed by atoms with Crippen LogP contribution in [-0.4, -0.2) is 47.4 Å². The van der Waals surface area contributed by atoms with Crippen molar-refractivity contribution in [1.82, 2.24) is 9.88 Å². The lowest BCUT2D eigenvalue weighted by Crippen LogP contribution is -2.50. The molecule has 4 rings (SSSR count). The maximum absolute atomic E-state index is 12.9. The first-order valence-corrected chi connectivity index (χ1v) is 9.81. The molecule has 0 saturated carbocycles. The molecule has 3 heterocycles. The van der Waals surface area contributed by atoms with Crippen molar-refractivity contribution in [2.75, 3.05) is 20.2 Å². The van der Waals surface area contributed by atoms with E-state index < -0.39 is 11.6 Å². The van der Waals surface area contributed by atoms with Gasteiger partial charge in [-0.25, -0.2) is 4.79 Å². The van der Waals surface area contributed by atoms with E-state index in [9.17, 15) is 9.59 Å². The number of rotatable bonds is 4. The van der Waals surface area contributed by atoms with E-state index in [1.807, 2.05) is 36.5 Å². The fourth-order valence-corrected chi connectivity index (χ4v) is 3.97. The van der Waals surface area contributed by atoms with E-state index in [-0.39, 0.29) is 5.78 Å². The van der Waals surface area contributed by atoms with Gasteiger partial charge in [0.15, 0.2) is 5.78 Å². The lowest BCUT2D eigenvalue weighted by atomic mass is 9.82. The van der Waals surface area contributed by atoms with Crippen molar-refractivity contribution in [2.24, 2.45) is 0 Å². The highest BCUT2D eigenvalue weighted by Crippen LogP contribution is 2.40. The number of hydrogen-bond acceptors (Lipinski definition) is 6. The zero-order valence-corrected chi connectivity index (χ0v) is 16.5. The van der Waals surface area contributed by atoms with Crippen LogP contribution < -0.4 is 4.74 Å². The van der Waals surface area contributed by atoms with Gasteiger partial charge in [-0.2, -0.15) is 0 Å². The Labute approximate surface area is 170 Å². The fraction of sp³-hybridized carbons (Fsp3) is 0.348. The molecule has 6 nitrogen and oxygen atoms in total. The third-order valence-electron chi connectivity index (χ3n) is 5.61. The number of methoxy groups -OCH3 is 1. The molecular weight excluding hydrogens is 368 g/mol.